The molecule has 30 heavy (non-hydrogen) atoms. The van der Waals surface area contributed by atoms with Crippen LogP contribution in [0, 0.1) is 0 Å². The van der Waals surface area contributed by atoms with E-state index in [-0.39, 0.29) is 25.8 Å². The van der Waals surface area contributed by atoms with E-state index in [1.54, 1.807) is 12.1 Å². The van der Waals surface area contributed by atoms with Crippen LogP contribution in [-0.2, 0) is 29.0 Å². The summed E-state index contributed by atoms with van der Waals surface area (Å²) in [6.07, 6.45) is 1.69. The number of nitrogens with zero attached hydrogens (tertiary/aromatic N) is 1. The summed E-state index contributed by atoms with van der Waals surface area (Å²) in [5, 5.41) is 5.60. The molecule has 1 spiro atoms. The summed E-state index contributed by atoms with van der Waals surface area (Å²) in [5.41, 5.74) is 2.14. The van der Waals surface area contributed by atoms with Crippen molar-refractivity contribution in [3.63, 3.8) is 0 Å². The van der Waals surface area contributed by atoms with Gasteiger partial charge in [0.25, 0.3) is 5.91 Å². The van der Waals surface area contributed by atoms with Gasteiger partial charge in [0.2, 0.25) is 12.7 Å². The number of carbonyl (C=O) groups excluding carboxylic acids is 3. The van der Waals surface area contributed by atoms with Crippen molar-refractivity contribution < 1.29 is 23.9 Å². The summed E-state index contributed by atoms with van der Waals surface area (Å²) in [5.74, 6) is 0.573. The van der Waals surface area contributed by atoms with Crippen LogP contribution in [0.3, 0.4) is 0 Å². The molecule has 4 amide bonds. The Morgan fingerprint density at radius 2 is 1.90 bits per heavy atom. The number of fused-ring (bicyclic) bond motifs is 2. The predicted octanol–water partition coefficient (Wildman–Crippen LogP) is 1.51. The normalized spacial score (nSPS) is 21.5. The van der Waals surface area contributed by atoms with Crippen molar-refractivity contribution >= 4 is 17.8 Å². The van der Waals surface area contributed by atoms with Crippen molar-refractivity contribution in [2.24, 2.45) is 0 Å². The third-order valence-electron chi connectivity index (χ3n) is 5.91. The zero-order valence-corrected chi connectivity index (χ0v) is 16.3. The largest absolute Gasteiger partial charge is 0.454 e. The molecule has 8 nitrogen and oxygen atoms in total. The lowest BCUT2D eigenvalue weighted by atomic mass is 9.78. The number of carbonyl (C=O) groups is 3. The van der Waals surface area contributed by atoms with Gasteiger partial charge in [-0.3, -0.25) is 14.5 Å². The quantitative estimate of drug-likeness (QED) is 0.749. The van der Waals surface area contributed by atoms with E-state index in [0.717, 1.165) is 16.0 Å². The lowest BCUT2D eigenvalue weighted by Gasteiger charge is -2.32. The molecule has 0 aromatic heterocycles. The third-order valence-corrected chi connectivity index (χ3v) is 5.91. The first-order chi connectivity index (χ1) is 14.5. The summed E-state index contributed by atoms with van der Waals surface area (Å²) in [6, 6.07) is 12.8. The fourth-order valence-electron chi connectivity index (χ4n) is 4.30. The van der Waals surface area contributed by atoms with Crippen LogP contribution in [0.5, 0.6) is 11.5 Å². The minimum atomic E-state index is -0.955. The molecule has 1 aliphatic carbocycles. The van der Waals surface area contributed by atoms with E-state index in [9.17, 15) is 14.4 Å². The van der Waals surface area contributed by atoms with E-state index in [1.807, 2.05) is 30.3 Å². The van der Waals surface area contributed by atoms with Crippen LogP contribution in [0.25, 0.3) is 0 Å². The van der Waals surface area contributed by atoms with Crippen molar-refractivity contribution in [2.45, 2.75) is 31.3 Å². The van der Waals surface area contributed by atoms with Gasteiger partial charge >= 0.3 is 6.03 Å². The number of rotatable bonds is 4. The molecule has 154 valence electrons. The predicted molar refractivity (Wildman–Crippen MR) is 106 cm³/mol. The zero-order chi connectivity index (χ0) is 20.7. The SMILES string of the molecule is O=C(CN1C(=O)N[C@@]2(CCc3ccccc3C2)C1=O)NCc1ccc2c(c1)OCO2. The van der Waals surface area contributed by atoms with Gasteiger partial charge in [0.15, 0.2) is 11.5 Å². The maximum atomic E-state index is 13.1. The first-order valence-electron chi connectivity index (χ1n) is 9.90. The molecule has 3 aliphatic rings. The lowest BCUT2D eigenvalue weighted by molar-refractivity contribution is -0.135. The van der Waals surface area contributed by atoms with E-state index in [0.29, 0.717) is 30.8 Å². The summed E-state index contributed by atoms with van der Waals surface area (Å²) in [4.78, 5) is 39.0. The number of ether oxygens (including phenoxy) is 2. The monoisotopic (exact) mass is 407 g/mol. The first kappa shape index (κ1) is 18.5. The van der Waals surface area contributed by atoms with Gasteiger partial charge in [0.05, 0.1) is 0 Å². The molecule has 2 aliphatic heterocycles. The number of hydrogen-bond acceptors (Lipinski definition) is 5. The zero-order valence-electron chi connectivity index (χ0n) is 16.3. The number of nitrogens with one attached hydrogen (secondary N) is 2. The summed E-state index contributed by atoms with van der Waals surface area (Å²) >= 11 is 0. The van der Waals surface area contributed by atoms with Gasteiger partial charge in [-0.05, 0) is 41.7 Å². The minimum Gasteiger partial charge on any atom is -0.454 e. The number of aryl methyl sites for hydroxylation is 1. The minimum absolute atomic E-state index is 0.184. The molecular formula is C22H21N3O5. The Morgan fingerprint density at radius 3 is 2.77 bits per heavy atom. The Hall–Kier alpha value is -3.55. The fraction of sp³-hybridized carbons (Fsp3) is 0.318. The third kappa shape index (κ3) is 3.14. The van der Waals surface area contributed by atoms with Crippen LogP contribution < -0.4 is 20.1 Å². The van der Waals surface area contributed by atoms with Gasteiger partial charge in [-0.15, -0.1) is 0 Å². The average Bonchev–Trinajstić information content (AvgIpc) is 3.30. The molecule has 2 aromatic rings. The van der Waals surface area contributed by atoms with Crippen LogP contribution in [-0.4, -0.2) is 41.6 Å². The van der Waals surface area contributed by atoms with E-state index >= 15 is 0 Å². The number of urea groups is 1. The Kier molecular flexibility index (Phi) is 4.34. The van der Waals surface area contributed by atoms with Crippen molar-refractivity contribution in [1.82, 2.24) is 15.5 Å². The first-order valence-corrected chi connectivity index (χ1v) is 9.90. The second kappa shape index (κ2) is 7.05. The van der Waals surface area contributed by atoms with Gasteiger partial charge in [0.1, 0.15) is 12.1 Å². The van der Waals surface area contributed by atoms with Gasteiger partial charge in [-0.2, -0.15) is 0 Å². The molecule has 0 radical (unpaired) electrons. The summed E-state index contributed by atoms with van der Waals surface area (Å²) < 4.78 is 10.6. The second-order valence-electron chi connectivity index (χ2n) is 7.81. The number of amides is 4. The molecule has 0 bridgehead atoms. The average molecular weight is 407 g/mol. The number of benzene rings is 2. The topological polar surface area (TPSA) is 97.0 Å². The Balaban J connectivity index is 1.22. The van der Waals surface area contributed by atoms with Gasteiger partial charge < -0.3 is 20.1 Å². The van der Waals surface area contributed by atoms with Gasteiger partial charge in [-0.1, -0.05) is 30.3 Å². The molecule has 0 saturated carbocycles. The van der Waals surface area contributed by atoms with Crippen molar-refractivity contribution in [3.8, 4) is 11.5 Å². The van der Waals surface area contributed by atoms with E-state index in [2.05, 4.69) is 10.6 Å². The second-order valence-corrected chi connectivity index (χ2v) is 7.81. The number of imide groups is 1. The van der Waals surface area contributed by atoms with Crippen molar-refractivity contribution in [1.29, 1.82) is 0 Å². The molecule has 2 aromatic carbocycles. The van der Waals surface area contributed by atoms with E-state index in [4.69, 9.17) is 9.47 Å². The molecule has 2 heterocycles. The molecule has 1 atom stereocenters. The Bertz CT molecular complexity index is 1050. The highest BCUT2D eigenvalue weighted by Gasteiger charge is 2.52. The molecule has 2 N–H and O–H groups in total. The molecule has 8 heteroatoms. The van der Waals surface area contributed by atoms with Crippen LogP contribution in [0.4, 0.5) is 4.79 Å². The lowest BCUT2D eigenvalue weighted by Crippen LogP contribution is -2.51. The van der Waals surface area contributed by atoms with E-state index < -0.39 is 17.5 Å². The molecular weight excluding hydrogens is 386 g/mol. The standard InChI is InChI=1S/C22H21N3O5/c26-19(23-11-14-5-6-17-18(9-14)30-13-29-17)12-25-20(27)22(24-21(25)28)8-7-15-3-1-2-4-16(15)10-22/h1-6,9H,7-8,10-13H2,(H,23,26)(H,24,28)/t22-/m1/s1. The van der Waals surface area contributed by atoms with Crippen LogP contribution >= 0.6 is 0 Å². The van der Waals surface area contributed by atoms with Crippen LogP contribution in [0.15, 0.2) is 42.5 Å². The van der Waals surface area contributed by atoms with Crippen molar-refractivity contribution in [2.75, 3.05) is 13.3 Å². The van der Waals surface area contributed by atoms with Gasteiger partial charge in [-0.25, -0.2) is 4.79 Å². The molecule has 5 rings (SSSR count). The highest BCUT2D eigenvalue weighted by Crippen LogP contribution is 2.34. The smallest absolute Gasteiger partial charge is 0.325 e. The summed E-state index contributed by atoms with van der Waals surface area (Å²) in [7, 11) is 0. The maximum Gasteiger partial charge on any atom is 0.325 e. The molecule has 1 fully saturated rings. The maximum absolute atomic E-state index is 13.1. The fourth-order valence-corrected chi connectivity index (χ4v) is 4.30. The molecule has 1 saturated heterocycles. The Morgan fingerprint density at radius 1 is 1.10 bits per heavy atom. The highest BCUT2D eigenvalue weighted by atomic mass is 16.7. The van der Waals surface area contributed by atoms with Gasteiger partial charge in [0, 0.05) is 13.0 Å². The van der Waals surface area contributed by atoms with Crippen LogP contribution in [0.1, 0.15) is 23.1 Å². The highest BCUT2D eigenvalue weighted by molar-refractivity contribution is 6.09. The van der Waals surface area contributed by atoms with Crippen LogP contribution in [0.2, 0.25) is 0 Å². The van der Waals surface area contributed by atoms with E-state index in [1.165, 1.54) is 5.56 Å². The molecule has 0 unspecified atom stereocenters. The summed E-state index contributed by atoms with van der Waals surface area (Å²) in [6.45, 7) is 0.139. The van der Waals surface area contributed by atoms with Crippen molar-refractivity contribution in [3.05, 3.63) is 59.2 Å². The number of hydrogen-bond donors (Lipinski definition) is 2. The Labute approximate surface area is 173 Å².